The summed E-state index contributed by atoms with van der Waals surface area (Å²) in [6.45, 7) is 0.381. The second kappa shape index (κ2) is 5.05. The quantitative estimate of drug-likeness (QED) is 0.940. The number of thioether (sulfide) groups is 1. The summed E-state index contributed by atoms with van der Waals surface area (Å²) in [4.78, 5) is 25.7. The zero-order chi connectivity index (χ0) is 14.1. The van der Waals surface area contributed by atoms with Gasteiger partial charge in [0.15, 0.2) is 0 Å². The Hall–Kier alpha value is -2.21. The molecule has 5 nitrogen and oxygen atoms in total. The maximum Gasteiger partial charge on any atom is 0.335 e. The standard InChI is InChI=1S/C14H11NO4S/c16-13-8-20-12-2-1-10(14(17)18)5-11(12)15(13)6-9-3-4-19-7-9/h1-5,7H,6,8H2,(H,17,18). The van der Waals surface area contributed by atoms with Gasteiger partial charge in [-0.2, -0.15) is 0 Å². The average molecular weight is 289 g/mol. The first-order chi connectivity index (χ1) is 9.65. The normalized spacial score (nSPS) is 14.2. The van der Waals surface area contributed by atoms with Crippen LogP contribution < -0.4 is 4.90 Å². The first-order valence-electron chi connectivity index (χ1n) is 5.97. The van der Waals surface area contributed by atoms with Crippen LogP contribution in [-0.4, -0.2) is 22.7 Å². The smallest absolute Gasteiger partial charge is 0.335 e. The molecule has 0 radical (unpaired) electrons. The molecular weight excluding hydrogens is 278 g/mol. The number of carbonyl (C=O) groups excluding carboxylic acids is 1. The van der Waals surface area contributed by atoms with Gasteiger partial charge in [0.1, 0.15) is 0 Å². The highest BCUT2D eigenvalue weighted by Crippen LogP contribution is 2.36. The van der Waals surface area contributed by atoms with Crippen molar-refractivity contribution in [1.82, 2.24) is 0 Å². The van der Waals surface area contributed by atoms with Crippen LogP contribution in [0.25, 0.3) is 0 Å². The summed E-state index contributed by atoms with van der Waals surface area (Å²) in [6.07, 6.45) is 3.13. The molecule has 0 fully saturated rings. The van der Waals surface area contributed by atoms with E-state index in [4.69, 9.17) is 9.52 Å². The minimum atomic E-state index is -1.00. The molecule has 6 heteroatoms. The first kappa shape index (κ1) is 12.8. The van der Waals surface area contributed by atoms with E-state index in [2.05, 4.69) is 0 Å². The zero-order valence-electron chi connectivity index (χ0n) is 10.4. The topological polar surface area (TPSA) is 70.8 Å². The lowest BCUT2D eigenvalue weighted by atomic mass is 10.1. The van der Waals surface area contributed by atoms with E-state index in [0.29, 0.717) is 18.0 Å². The van der Waals surface area contributed by atoms with Crippen molar-refractivity contribution in [3.63, 3.8) is 0 Å². The van der Waals surface area contributed by atoms with Gasteiger partial charge < -0.3 is 14.4 Å². The van der Waals surface area contributed by atoms with Gasteiger partial charge >= 0.3 is 5.97 Å². The molecular formula is C14H11NO4S. The van der Waals surface area contributed by atoms with Crippen LogP contribution in [0.15, 0.2) is 46.1 Å². The third-order valence-corrected chi connectivity index (χ3v) is 4.12. The molecule has 1 aliphatic heterocycles. The van der Waals surface area contributed by atoms with Gasteiger partial charge in [0.05, 0.1) is 36.1 Å². The van der Waals surface area contributed by atoms with Gasteiger partial charge in [-0.15, -0.1) is 11.8 Å². The second-order valence-corrected chi connectivity index (χ2v) is 5.40. The monoisotopic (exact) mass is 289 g/mol. The molecule has 1 N–H and O–H groups in total. The van der Waals surface area contributed by atoms with Crippen LogP contribution in [0.1, 0.15) is 15.9 Å². The van der Waals surface area contributed by atoms with Crippen molar-refractivity contribution < 1.29 is 19.1 Å². The van der Waals surface area contributed by atoms with E-state index < -0.39 is 5.97 Å². The molecule has 102 valence electrons. The van der Waals surface area contributed by atoms with Gasteiger partial charge in [-0.3, -0.25) is 4.79 Å². The molecule has 1 amide bonds. The second-order valence-electron chi connectivity index (χ2n) is 4.39. The first-order valence-corrected chi connectivity index (χ1v) is 6.95. The van der Waals surface area contributed by atoms with E-state index in [1.807, 2.05) is 0 Å². The number of furan rings is 1. The molecule has 1 aromatic heterocycles. The van der Waals surface area contributed by atoms with Crippen molar-refractivity contribution >= 4 is 29.3 Å². The minimum absolute atomic E-state index is 0.0359. The Labute approximate surface area is 119 Å². The maximum atomic E-state index is 12.1. The van der Waals surface area contributed by atoms with Crippen LogP contribution in [0.2, 0.25) is 0 Å². The fraction of sp³-hybridized carbons (Fsp3) is 0.143. The summed E-state index contributed by atoms with van der Waals surface area (Å²) in [6, 6.07) is 6.63. The van der Waals surface area contributed by atoms with E-state index in [9.17, 15) is 9.59 Å². The number of carboxylic acid groups (broad SMARTS) is 1. The highest BCUT2D eigenvalue weighted by Gasteiger charge is 2.26. The van der Waals surface area contributed by atoms with Crippen molar-refractivity contribution in [3.05, 3.63) is 47.9 Å². The van der Waals surface area contributed by atoms with Crippen molar-refractivity contribution in [2.24, 2.45) is 0 Å². The summed E-state index contributed by atoms with van der Waals surface area (Å²) < 4.78 is 5.00. The number of aromatic carboxylic acids is 1. The molecule has 1 aliphatic rings. The number of nitrogens with zero attached hydrogens (tertiary/aromatic N) is 1. The molecule has 2 aromatic rings. The third-order valence-electron chi connectivity index (χ3n) is 3.07. The Morgan fingerprint density at radius 3 is 2.95 bits per heavy atom. The Morgan fingerprint density at radius 2 is 2.25 bits per heavy atom. The summed E-state index contributed by atoms with van der Waals surface area (Å²) in [5.74, 6) is -0.678. The van der Waals surface area contributed by atoms with E-state index in [1.54, 1.807) is 41.7 Å². The Morgan fingerprint density at radius 1 is 1.40 bits per heavy atom. The summed E-state index contributed by atoms with van der Waals surface area (Å²) >= 11 is 1.43. The summed E-state index contributed by atoms with van der Waals surface area (Å²) in [7, 11) is 0. The van der Waals surface area contributed by atoms with E-state index in [0.717, 1.165) is 10.5 Å². The minimum Gasteiger partial charge on any atom is -0.478 e. The average Bonchev–Trinajstić information content (AvgIpc) is 2.94. The number of benzene rings is 1. The number of rotatable bonds is 3. The van der Waals surface area contributed by atoms with Gasteiger partial charge in [-0.25, -0.2) is 4.79 Å². The van der Waals surface area contributed by atoms with Crippen LogP contribution in [0, 0.1) is 0 Å². The van der Waals surface area contributed by atoms with Crippen molar-refractivity contribution in [3.8, 4) is 0 Å². The van der Waals surface area contributed by atoms with Crippen molar-refractivity contribution in [2.45, 2.75) is 11.4 Å². The SMILES string of the molecule is O=C(O)c1ccc2c(c1)N(Cc1ccoc1)C(=O)CS2. The molecule has 0 saturated carbocycles. The summed E-state index contributed by atoms with van der Waals surface area (Å²) in [5, 5.41) is 9.07. The number of amides is 1. The maximum absolute atomic E-state index is 12.1. The molecule has 0 unspecified atom stereocenters. The molecule has 1 aromatic carbocycles. The fourth-order valence-electron chi connectivity index (χ4n) is 2.07. The lowest BCUT2D eigenvalue weighted by Crippen LogP contribution is -2.34. The van der Waals surface area contributed by atoms with Gasteiger partial charge in [-0.05, 0) is 24.3 Å². The molecule has 0 atom stereocenters. The molecule has 20 heavy (non-hydrogen) atoms. The van der Waals surface area contributed by atoms with E-state index >= 15 is 0 Å². The number of carboxylic acids is 1. The Kier molecular flexibility index (Phi) is 3.23. The fourth-order valence-corrected chi connectivity index (χ4v) is 2.99. The lowest BCUT2D eigenvalue weighted by molar-refractivity contribution is -0.116. The molecule has 0 bridgehead atoms. The number of anilines is 1. The molecule has 0 saturated heterocycles. The molecule has 2 heterocycles. The largest absolute Gasteiger partial charge is 0.478 e. The van der Waals surface area contributed by atoms with Crippen LogP contribution >= 0.6 is 11.8 Å². The van der Waals surface area contributed by atoms with Crippen molar-refractivity contribution in [2.75, 3.05) is 10.7 Å². The summed E-state index contributed by atoms with van der Waals surface area (Å²) in [5.41, 5.74) is 1.69. The third kappa shape index (κ3) is 2.30. The van der Waals surface area contributed by atoms with Gasteiger partial charge in [0.25, 0.3) is 0 Å². The Bertz CT molecular complexity index is 666. The zero-order valence-corrected chi connectivity index (χ0v) is 11.2. The van der Waals surface area contributed by atoms with Crippen molar-refractivity contribution in [1.29, 1.82) is 0 Å². The Balaban J connectivity index is 2.00. The number of carbonyl (C=O) groups is 2. The van der Waals surface area contributed by atoms with Crippen LogP contribution in [0.3, 0.4) is 0 Å². The van der Waals surface area contributed by atoms with Crippen LogP contribution in [0.4, 0.5) is 5.69 Å². The molecule has 0 spiro atoms. The predicted molar refractivity (Wildman–Crippen MR) is 74.0 cm³/mol. The van der Waals surface area contributed by atoms with Crippen LogP contribution in [-0.2, 0) is 11.3 Å². The lowest BCUT2D eigenvalue weighted by Gasteiger charge is -2.28. The number of hydrogen-bond acceptors (Lipinski definition) is 4. The highest BCUT2D eigenvalue weighted by atomic mass is 32.2. The van der Waals surface area contributed by atoms with Gasteiger partial charge in [0, 0.05) is 10.5 Å². The van der Waals surface area contributed by atoms with E-state index in [1.165, 1.54) is 11.8 Å². The van der Waals surface area contributed by atoms with Gasteiger partial charge in [-0.1, -0.05) is 0 Å². The predicted octanol–water partition coefficient (Wildman–Crippen LogP) is 2.62. The number of hydrogen-bond donors (Lipinski definition) is 1. The molecule has 0 aliphatic carbocycles. The van der Waals surface area contributed by atoms with E-state index in [-0.39, 0.29) is 11.5 Å². The van der Waals surface area contributed by atoms with Gasteiger partial charge in [0.2, 0.25) is 5.91 Å². The van der Waals surface area contributed by atoms with Crippen LogP contribution in [0.5, 0.6) is 0 Å². The number of fused-ring (bicyclic) bond motifs is 1. The molecule has 3 rings (SSSR count). The highest BCUT2D eigenvalue weighted by molar-refractivity contribution is 8.00.